The lowest BCUT2D eigenvalue weighted by Crippen LogP contribution is -2.12. The van der Waals surface area contributed by atoms with Crippen LogP contribution in [0.15, 0.2) is 89.7 Å². The number of carbonyl (C=O) groups is 1. The fourth-order valence-electron chi connectivity index (χ4n) is 3.21. The first-order valence-electron chi connectivity index (χ1n) is 10.4. The average molecular weight is 425 g/mol. The van der Waals surface area contributed by atoms with Crippen molar-refractivity contribution >= 4 is 11.6 Å². The van der Waals surface area contributed by atoms with Gasteiger partial charge in [0.1, 0.15) is 18.2 Å². The van der Waals surface area contributed by atoms with E-state index in [1.54, 1.807) is 24.3 Å². The topological polar surface area (TPSA) is 84.1 Å². The summed E-state index contributed by atoms with van der Waals surface area (Å²) < 4.78 is 5.74. The van der Waals surface area contributed by atoms with Gasteiger partial charge in [-0.3, -0.25) is 9.59 Å². The molecule has 6 heteroatoms. The lowest BCUT2D eigenvalue weighted by Gasteiger charge is -2.09. The number of aromatic nitrogens is 2. The molecule has 2 N–H and O–H groups in total. The summed E-state index contributed by atoms with van der Waals surface area (Å²) in [4.78, 5) is 31.8. The molecule has 4 rings (SSSR count). The zero-order chi connectivity index (χ0) is 22.3. The van der Waals surface area contributed by atoms with E-state index in [9.17, 15) is 9.59 Å². The summed E-state index contributed by atoms with van der Waals surface area (Å²) >= 11 is 0. The Kier molecular flexibility index (Phi) is 6.41. The Morgan fingerprint density at radius 3 is 2.50 bits per heavy atom. The maximum absolute atomic E-state index is 12.7. The van der Waals surface area contributed by atoms with Gasteiger partial charge in [0.15, 0.2) is 0 Å². The van der Waals surface area contributed by atoms with Gasteiger partial charge in [0.2, 0.25) is 0 Å². The number of ether oxygens (including phenoxy) is 1. The molecule has 4 aromatic rings. The van der Waals surface area contributed by atoms with Crippen LogP contribution in [0.3, 0.4) is 0 Å². The van der Waals surface area contributed by atoms with Crippen molar-refractivity contribution in [3.63, 3.8) is 0 Å². The molecule has 1 heterocycles. The van der Waals surface area contributed by atoms with Gasteiger partial charge in [-0.15, -0.1) is 0 Å². The predicted molar refractivity (Wildman–Crippen MR) is 125 cm³/mol. The minimum atomic E-state index is -0.221. The van der Waals surface area contributed by atoms with Crippen LogP contribution in [0.2, 0.25) is 0 Å². The van der Waals surface area contributed by atoms with Crippen molar-refractivity contribution in [2.75, 3.05) is 5.32 Å². The Hall–Kier alpha value is -4.19. The van der Waals surface area contributed by atoms with Gasteiger partial charge >= 0.3 is 0 Å². The molecule has 0 bridgehead atoms. The number of carbonyl (C=O) groups excluding carboxylic acids is 1. The van der Waals surface area contributed by atoms with Gasteiger partial charge in [0.05, 0.1) is 0 Å². The van der Waals surface area contributed by atoms with E-state index in [2.05, 4.69) is 15.3 Å². The number of hydrogen-bond donors (Lipinski definition) is 2. The highest BCUT2D eigenvalue weighted by Gasteiger charge is 2.09. The Morgan fingerprint density at radius 2 is 1.75 bits per heavy atom. The summed E-state index contributed by atoms with van der Waals surface area (Å²) in [6.07, 6.45) is 0.666. The van der Waals surface area contributed by atoms with Crippen LogP contribution in [-0.2, 0) is 13.0 Å². The van der Waals surface area contributed by atoms with Gasteiger partial charge in [-0.05, 0) is 48.4 Å². The quantitative estimate of drug-likeness (QED) is 0.444. The fourth-order valence-corrected chi connectivity index (χ4v) is 3.21. The van der Waals surface area contributed by atoms with Crippen LogP contribution in [-0.4, -0.2) is 15.9 Å². The molecule has 0 unspecified atom stereocenters. The first-order chi connectivity index (χ1) is 15.6. The van der Waals surface area contributed by atoms with Gasteiger partial charge in [-0.2, -0.15) is 0 Å². The van der Waals surface area contributed by atoms with E-state index in [1.807, 2.05) is 61.5 Å². The standard InChI is InChI=1S/C26H23N3O3/c1-2-21-16-24(30)29-25(27-21)20-7-6-8-22(15-20)28-26(31)19-13-11-18(12-14-19)17-32-23-9-4-3-5-10-23/h3-16H,2,17H2,1H3,(H,28,31)(H,27,29,30). The molecule has 160 valence electrons. The van der Waals surface area contributed by atoms with Crippen LogP contribution >= 0.6 is 0 Å². The SMILES string of the molecule is CCc1cc(=O)[nH]c(-c2cccc(NC(=O)c3ccc(COc4ccccc4)cc3)c2)n1. The van der Waals surface area contributed by atoms with Crippen molar-refractivity contribution in [1.82, 2.24) is 9.97 Å². The molecule has 0 aliphatic rings. The van der Waals surface area contributed by atoms with Crippen LogP contribution in [0.5, 0.6) is 5.75 Å². The molecule has 0 spiro atoms. The third kappa shape index (κ3) is 5.29. The second-order valence-corrected chi connectivity index (χ2v) is 7.27. The van der Waals surface area contributed by atoms with Crippen LogP contribution in [0.4, 0.5) is 5.69 Å². The molecule has 0 saturated carbocycles. The maximum atomic E-state index is 12.7. The van der Waals surface area contributed by atoms with Crippen molar-refractivity contribution in [3.05, 3.63) is 112 Å². The maximum Gasteiger partial charge on any atom is 0.255 e. The monoisotopic (exact) mass is 425 g/mol. The number of aromatic amines is 1. The molecular formula is C26H23N3O3. The van der Waals surface area contributed by atoms with E-state index in [0.29, 0.717) is 30.1 Å². The van der Waals surface area contributed by atoms with Gasteiger partial charge in [0, 0.05) is 28.6 Å². The average Bonchev–Trinajstić information content (AvgIpc) is 2.83. The number of nitrogens with one attached hydrogen (secondary N) is 2. The van der Waals surface area contributed by atoms with Gasteiger partial charge < -0.3 is 15.0 Å². The Morgan fingerprint density at radius 1 is 0.969 bits per heavy atom. The first kappa shape index (κ1) is 21.1. The lowest BCUT2D eigenvalue weighted by molar-refractivity contribution is 0.102. The third-order valence-electron chi connectivity index (χ3n) is 4.92. The number of aryl methyl sites for hydroxylation is 1. The molecule has 1 amide bonds. The van der Waals surface area contributed by atoms with E-state index >= 15 is 0 Å². The molecule has 0 fully saturated rings. The Balaban J connectivity index is 1.43. The highest BCUT2D eigenvalue weighted by molar-refractivity contribution is 6.04. The minimum absolute atomic E-state index is 0.197. The normalized spacial score (nSPS) is 10.5. The van der Waals surface area contributed by atoms with Crippen LogP contribution < -0.4 is 15.6 Å². The van der Waals surface area contributed by atoms with E-state index in [4.69, 9.17) is 4.74 Å². The lowest BCUT2D eigenvalue weighted by atomic mass is 10.1. The molecule has 0 aliphatic heterocycles. The van der Waals surface area contributed by atoms with E-state index in [1.165, 1.54) is 6.07 Å². The molecule has 32 heavy (non-hydrogen) atoms. The number of para-hydroxylation sites is 1. The van der Waals surface area contributed by atoms with E-state index in [-0.39, 0.29) is 11.5 Å². The highest BCUT2D eigenvalue weighted by Crippen LogP contribution is 2.20. The van der Waals surface area contributed by atoms with Crippen molar-refractivity contribution in [2.45, 2.75) is 20.0 Å². The van der Waals surface area contributed by atoms with Crippen LogP contribution in [0.25, 0.3) is 11.4 Å². The fraction of sp³-hybridized carbons (Fsp3) is 0.115. The second kappa shape index (κ2) is 9.75. The third-order valence-corrected chi connectivity index (χ3v) is 4.92. The van der Waals surface area contributed by atoms with E-state index < -0.39 is 0 Å². The van der Waals surface area contributed by atoms with Gasteiger partial charge in [-0.25, -0.2) is 4.98 Å². The molecule has 1 aromatic heterocycles. The Bertz CT molecular complexity index is 1270. The molecule has 0 aliphatic carbocycles. The summed E-state index contributed by atoms with van der Waals surface area (Å²) in [5.74, 6) is 1.06. The van der Waals surface area contributed by atoms with Crippen molar-refractivity contribution in [1.29, 1.82) is 0 Å². The number of rotatable bonds is 7. The van der Waals surface area contributed by atoms with Crippen LogP contribution in [0, 0.1) is 0 Å². The zero-order valence-corrected chi connectivity index (χ0v) is 17.7. The summed E-state index contributed by atoms with van der Waals surface area (Å²) in [6, 6.07) is 25.6. The Labute approximate surface area is 185 Å². The largest absolute Gasteiger partial charge is 0.489 e. The first-order valence-corrected chi connectivity index (χ1v) is 10.4. The molecule has 0 radical (unpaired) electrons. The predicted octanol–water partition coefficient (Wildman–Crippen LogP) is 4.83. The van der Waals surface area contributed by atoms with E-state index in [0.717, 1.165) is 22.6 Å². The second-order valence-electron chi connectivity index (χ2n) is 7.27. The number of H-pyrrole nitrogens is 1. The van der Waals surface area contributed by atoms with Crippen molar-refractivity contribution in [2.24, 2.45) is 0 Å². The number of nitrogens with zero attached hydrogens (tertiary/aromatic N) is 1. The molecule has 3 aromatic carbocycles. The summed E-state index contributed by atoms with van der Waals surface area (Å²) in [6.45, 7) is 2.37. The number of anilines is 1. The summed E-state index contributed by atoms with van der Waals surface area (Å²) in [5.41, 5.74) is 3.38. The highest BCUT2D eigenvalue weighted by atomic mass is 16.5. The molecular weight excluding hydrogens is 402 g/mol. The minimum Gasteiger partial charge on any atom is -0.489 e. The zero-order valence-electron chi connectivity index (χ0n) is 17.7. The summed E-state index contributed by atoms with van der Waals surface area (Å²) in [5, 5.41) is 2.90. The number of hydrogen-bond acceptors (Lipinski definition) is 4. The summed E-state index contributed by atoms with van der Waals surface area (Å²) in [7, 11) is 0. The van der Waals surface area contributed by atoms with Crippen LogP contribution in [0.1, 0.15) is 28.5 Å². The molecule has 0 atom stereocenters. The number of benzene rings is 3. The van der Waals surface area contributed by atoms with Gasteiger partial charge in [-0.1, -0.05) is 49.4 Å². The van der Waals surface area contributed by atoms with Crippen molar-refractivity contribution in [3.8, 4) is 17.1 Å². The van der Waals surface area contributed by atoms with Crippen molar-refractivity contribution < 1.29 is 9.53 Å². The number of amides is 1. The van der Waals surface area contributed by atoms with Gasteiger partial charge in [0.25, 0.3) is 11.5 Å². The molecule has 0 saturated heterocycles. The molecule has 6 nitrogen and oxygen atoms in total. The smallest absolute Gasteiger partial charge is 0.255 e.